The number of hydrogen-bond acceptors (Lipinski definition) is 5. The summed E-state index contributed by atoms with van der Waals surface area (Å²) in [6, 6.07) is 6.10. The normalized spacial score (nSPS) is 11.2. The largest absolute Gasteiger partial charge is 0.497 e. The fourth-order valence-electron chi connectivity index (χ4n) is 1.36. The molecule has 5 nitrogen and oxygen atoms in total. The summed E-state index contributed by atoms with van der Waals surface area (Å²) >= 11 is 0. The molecule has 0 aliphatic heterocycles. The second-order valence-electron chi connectivity index (χ2n) is 4.38. The summed E-state index contributed by atoms with van der Waals surface area (Å²) in [7, 11) is 1.42. The maximum atomic E-state index is 12.5. The molecule has 0 radical (unpaired) electrons. The van der Waals surface area contributed by atoms with Crippen LogP contribution in [-0.2, 0) is 14.3 Å². The van der Waals surface area contributed by atoms with E-state index in [0.717, 1.165) is 0 Å². The third-order valence-corrected chi connectivity index (χ3v) is 2.55. The van der Waals surface area contributed by atoms with E-state index in [-0.39, 0.29) is 5.75 Å². The van der Waals surface area contributed by atoms with E-state index in [0.29, 0.717) is 5.75 Å². The molecule has 1 rings (SSSR count). The van der Waals surface area contributed by atoms with Crippen LogP contribution in [0.5, 0.6) is 11.5 Å². The summed E-state index contributed by atoms with van der Waals surface area (Å²) in [6.45, 7) is -1.74. The minimum absolute atomic E-state index is 0.173. The molecule has 0 N–H and O–H groups in total. The highest BCUT2D eigenvalue weighted by Crippen LogP contribution is 2.23. The van der Waals surface area contributed by atoms with Crippen LogP contribution < -0.4 is 9.47 Å². The van der Waals surface area contributed by atoms with Crippen molar-refractivity contribution >= 4 is 11.9 Å². The van der Waals surface area contributed by atoms with Gasteiger partial charge in [-0.25, -0.2) is 8.78 Å². The molecule has 0 fully saturated rings. The van der Waals surface area contributed by atoms with Crippen molar-refractivity contribution in [2.45, 2.75) is 25.2 Å². The zero-order chi connectivity index (χ0) is 17.5. The van der Waals surface area contributed by atoms with Gasteiger partial charge in [0.15, 0.2) is 6.61 Å². The third kappa shape index (κ3) is 6.54. The quantitative estimate of drug-likeness (QED) is 0.414. The van der Waals surface area contributed by atoms with E-state index in [4.69, 9.17) is 9.47 Å². The molecule has 0 aromatic heterocycles. The maximum absolute atomic E-state index is 12.5. The number of rotatable bonds is 8. The molecule has 0 saturated carbocycles. The smallest absolute Gasteiger partial charge is 0.340 e. The Morgan fingerprint density at radius 3 is 2.35 bits per heavy atom. The molecule has 0 unspecified atom stereocenters. The fourth-order valence-corrected chi connectivity index (χ4v) is 1.36. The Kier molecular flexibility index (Phi) is 6.80. The van der Waals surface area contributed by atoms with Gasteiger partial charge in [-0.1, -0.05) is 6.07 Å². The summed E-state index contributed by atoms with van der Waals surface area (Å²) in [5, 5.41) is 0. The summed E-state index contributed by atoms with van der Waals surface area (Å²) in [4.78, 5) is 22.6. The fraction of sp³-hybridized carbons (Fsp3) is 0.429. The summed E-state index contributed by atoms with van der Waals surface area (Å²) in [5.41, 5.74) is 0. The topological polar surface area (TPSA) is 61.8 Å². The molecule has 1 aromatic carbocycles. The molecule has 23 heavy (non-hydrogen) atoms. The van der Waals surface area contributed by atoms with Gasteiger partial charge in [-0.15, -0.1) is 0 Å². The van der Waals surface area contributed by atoms with Crippen LogP contribution >= 0.6 is 0 Å². The molecule has 0 heterocycles. The molecule has 0 aliphatic carbocycles. The third-order valence-electron chi connectivity index (χ3n) is 2.55. The van der Waals surface area contributed by atoms with Crippen molar-refractivity contribution in [1.29, 1.82) is 0 Å². The summed E-state index contributed by atoms with van der Waals surface area (Å²) in [6.07, 6.45) is -4.95. The van der Waals surface area contributed by atoms with E-state index in [1.54, 1.807) is 12.1 Å². The molecular weight excluding hydrogens is 324 g/mol. The van der Waals surface area contributed by atoms with Crippen LogP contribution in [0.2, 0.25) is 0 Å². The van der Waals surface area contributed by atoms with E-state index in [1.165, 1.54) is 19.2 Å². The minimum atomic E-state index is -4.42. The van der Waals surface area contributed by atoms with Gasteiger partial charge in [0.2, 0.25) is 0 Å². The second kappa shape index (κ2) is 8.35. The van der Waals surface area contributed by atoms with Crippen molar-refractivity contribution in [1.82, 2.24) is 0 Å². The van der Waals surface area contributed by atoms with E-state index in [9.17, 15) is 27.2 Å². The lowest BCUT2D eigenvalue weighted by Gasteiger charge is -2.14. The van der Waals surface area contributed by atoms with Crippen molar-refractivity contribution < 1.29 is 41.4 Å². The predicted octanol–water partition coefficient (Wildman–Crippen LogP) is 2.82. The number of methoxy groups -OCH3 is 1. The number of halogens is 4. The Hall–Kier alpha value is -2.32. The standard InChI is InChI=1S/C14H14F4O5/c1-21-9-3-2-4-10(7-9)23-12(20)6-5-11(19)22-8-14(17,18)13(15)16/h2-4,7,13H,5-6,8H2,1H3. The van der Waals surface area contributed by atoms with Crippen molar-refractivity contribution in [2.75, 3.05) is 13.7 Å². The number of ether oxygens (including phenoxy) is 3. The molecule has 0 atom stereocenters. The van der Waals surface area contributed by atoms with Crippen LogP contribution in [0.4, 0.5) is 17.6 Å². The Balaban J connectivity index is 2.36. The Morgan fingerprint density at radius 2 is 1.74 bits per heavy atom. The summed E-state index contributed by atoms with van der Waals surface area (Å²) in [5.74, 6) is -5.81. The van der Waals surface area contributed by atoms with Gasteiger partial charge in [-0.2, -0.15) is 8.78 Å². The zero-order valence-corrected chi connectivity index (χ0v) is 12.1. The first-order valence-corrected chi connectivity index (χ1v) is 6.41. The second-order valence-corrected chi connectivity index (χ2v) is 4.38. The Bertz CT molecular complexity index is 548. The molecule has 0 amide bonds. The SMILES string of the molecule is COc1cccc(OC(=O)CCC(=O)OCC(F)(F)C(F)F)c1. The van der Waals surface area contributed by atoms with E-state index in [1.807, 2.05) is 0 Å². The molecule has 0 aliphatic rings. The first kappa shape index (κ1) is 18.7. The Labute approximate surface area is 129 Å². The molecule has 1 aromatic rings. The van der Waals surface area contributed by atoms with Crippen molar-refractivity contribution in [2.24, 2.45) is 0 Å². The predicted molar refractivity (Wildman–Crippen MR) is 69.8 cm³/mol. The molecule has 128 valence electrons. The molecule has 0 saturated heterocycles. The summed E-state index contributed by atoms with van der Waals surface area (Å²) < 4.78 is 62.6. The number of hydrogen-bond donors (Lipinski definition) is 0. The molecule has 9 heteroatoms. The highest BCUT2D eigenvalue weighted by Gasteiger charge is 2.42. The van der Waals surface area contributed by atoms with Gasteiger partial charge >= 0.3 is 24.3 Å². The van der Waals surface area contributed by atoms with Crippen LogP contribution in [0.25, 0.3) is 0 Å². The lowest BCUT2D eigenvalue weighted by Crippen LogP contribution is -2.33. The van der Waals surface area contributed by atoms with E-state index in [2.05, 4.69) is 4.74 Å². The number of benzene rings is 1. The molecule has 0 bridgehead atoms. The van der Waals surface area contributed by atoms with Gasteiger partial charge in [0.1, 0.15) is 11.5 Å². The first-order valence-electron chi connectivity index (χ1n) is 6.41. The lowest BCUT2D eigenvalue weighted by atomic mass is 10.3. The number of alkyl halides is 4. The van der Waals surface area contributed by atoms with E-state index >= 15 is 0 Å². The van der Waals surface area contributed by atoms with Crippen molar-refractivity contribution in [3.63, 3.8) is 0 Å². The van der Waals surface area contributed by atoms with Crippen molar-refractivity contribution in [3.05, 3.63) is 24.3 Å². The zero-order valence-electron chi connectivity index (χ0n) is 12.1. The number of carbonyl (C=O) groups is 2. The first-order chi connectivity index (χ1) is 10.7. The van der Waals surface area contributed by atoms with Crippen molar-refractivity contribution in [3.8, 4) is 11.5 Å². The molecular formula is C14H14F4O5. The Morgan fingerprint density at radius 1 is 1.13 bits per heavy atom. The van der Waals surface area contributed by atoms with Crippen LogP contribution in [0.1, 0.15) is 12.8 Å². The van der Waals surface area contributed by atoms with Crippen LogP contribution in [-0.4, -0.2) is 38.0 Å². The average Bonchev–Trinajstić information content (AvgIpc) is 2.51. The number of esters is 2. The maximum Gasteiger partial charge on any atom is 0.340 e. The van der Waals surface area contributed by atoms with Gasteiger partial charge in [-0.3, -0.25) is 9.59 Å². The minimum Gasteiger partial charge on any atom is -0.497 e. The molecule has 0 spiro atoms. The van der Waals surface area contributed by atoms with Crippen LogP contribution in [0.3, 0.4) is 0 Å². The number of carbonyl (C=O) groups excluding carboxylic acids is 2. The monoisotopic (exact) mass is 338 g/mol. The van der Waals surface area contributed by atoms with Gasteiger partial charge in [0.25, 0.3) is 0 Å². The van der Waals surface area contributed by atoms with Gasteiger partial charge in [-0.05, 0) is 12.1 Å². The van der Waals surface area contributed by atoms with E-state index < -0.39 is 43.7 Å². The highest BCUT2D eigenvalue weighted by atomic mass is 19.3. The van der Waals surface area contributed by atoms with Gasteiger partial charge in [0.05, 0.1) is 20.0 Å². The van der Waals surface area contributed by atoms with Crippen LogP contribution in [0.15, 0.2) is 24.3 Å². The lowest BCUT2D eigenvalue weighted by molar-refractivity contribution is -0.180. The average molecular weight is 338 g/mol. The highest BCUT2D eigenvalue weighted by molar-refractivity contribution is 5.79. The van der Waals surface area contributed by atoms with Crippen LogP contribution in [0, 0.1) is 0 Å². The van der Waals surface area contributed by atoms with Gasteiger partial charge in [0, 0.05) is 6.07 Å². The van der Waals surface area contributed by atoms with Gasteiger partial charge < -0.3 is 14.2 Å².